The summed E-state index contributed by atoms with van der Waals surface area (Å²) in [5.74, 6) is -0.908. The quantitative estimate of drug-likeness (QED) is 0.0262. The number of rotatable bonds is 50. The molecule has 0 aliphatic rings. The number of ether oxygens (including phenoxy) is 3. The zero-order chi connectivity index (χ0) is 49.3. The Labute approximate surface area is 419 Å². The third kappa shape index (κ3) is 53.3. The summed E-state index contributed by atoms with van der Waals surface area (Å²) < 4.78 is 16.7. The number of esters is 3. The Bertz CT molecular complexity index is 1360. The summed E-state index contributed by atoms with van der Waals surface area (Å²) in [4.78, 5) is 37.7. The summed E-state index contributed by atoms with van der Waals surface area (Å²) in [7, 11) is 0. The Kier molecular flexibility index (Phi) is 52.9. The summed E-state index contributed by atoms with van der Waals surface area (Å²) in [5, 5.41) is 0. The lowest BCUT2D eigenvalue weighted by molar-refractivity contribution is -0.167. The molecule has 0 spiro atoms. The zero-order valence-electron chi connectivity index (χ0n) is 44.3. The van der Waals surface area contributed by atoms with Gasteiger partial charge in [0.15, 0.2) is 6.10 Å². The number of allylic oxidation sites excluding steroid dienone is 16. The van der Waals surface area contributed by atoms with Gasteiger partial charge in [0.25, 0.3) is 0 Å². The van der Waals surface area contributed by atoms with Crippen LogP contribution in [-0.4, -0.2) is 37.2 Å². The van der Waals surface area contributed by atoms with Crippen LogP contribution < -0.4 is 0 Å². The summed E-state index contributed by atoms with van der Waals surface area (Å²) in [6, 6.07) is 0. The van der Waals surface area contributed by atoms with E-state index in [9.17, 15) is 14.4 Å². The monoisotopic (exact) mass is 945 g/mol. The maximum absolute atomic E-state index is 12.7. The Balaban J connectivity index is 4.00. The van der Waals surface area contributed by atoms with Crippen LogP contribution in [0, 0.1) is 0 Å². The van der Waals surface area contributed by atoms with Gasteiger partial charge in [0.1, 0.15) is 13.2 Å². The van der Waals surface area contributed by atoms with Gasteiger partial charge in [-0.3, -0.25) is 14.4 Å². The fraction of sp³-hybridized carbons (Fsp3) is 0.694. The molecule has 0 aromatic carbocycles. The van der Waals surface area contributed by atoms with Crippen LogP contribution in [0.3, 0.4) is 0 Å². The highest BCUT2D eigenvalue weighted by Gasteiger charge is 2.19. The molecule has 0 bridgehead atoms. The molecule has 6 nitrogen and oxygen atoms in total. The topological polar surface area (TPSA) is 78.9 Å². The van der Waals surface area contributed by atoms with E-state index in [1.807, 2.05) is 0 Å². The zero-order valence-corrected chi connectivity index (χ0v) is 44.3. The van der Waals surface area contributed by atoms with Crippen LogP contribution in [0.5, 0.6) is 0 Å². The van der Waals surface area contributed by atoms with Crippen LogP contribution >= 0.6 is 0 Å². The predicted molar refractivity (Wildman–Crippen MR) is 293 cm³/mol. The van der Waals surface area contributed by atoms with Gasteiger partial charge < -0.3 is 14.2 Å². The molecule has 0 amide bonds. The van der Waals surface area contributed by atoms with Crippen molar-refractivity contribution in [1.29, 1.82) is 0 Å². The van der Waals surface area contributed by atoms with Crippen molar-refractivity contribution in [3.63, 3.8) is 0 Å². The van der Waals surface area contributed by atoms with Crippen LogP contribution in [0.1, 0.15) is 258 Å². The van der Waals surface area contributed by atoms with Gasteiger partial charge in [-0.05, 0) is 103 Å². The largest absolute Gasteiger partial charge is 0.462 e. The van der Waals surface area contributed by atoms with Crippen molar-refractivity contribution < 1.29 is 28.6 Å². The molecule has 0 aliphatic heterocycles. The Hall–Kier alpha value is -3.67. The molecule has 0 saturated carbocycles. The Morgan fingerprint density at radius 3 is 0.941 bits per heavy atom. The summed E-state index contributed by atoms with van der Waals surface area (Å²) in [6.07, 6.45) is 74.5. The second-order valence-corrected chi connectivity index (χ2v) is 18.5. The first kappa shape index (κ1) is 64.3. The van der Waals surface area contributed by atoms with E-state index in [1.54, 1.807) is 0 Å². The molecule has 1 unspecified atom stereocenters. The van der Waals surface area contributed by atoms with Crippen molar-refractivity contribution in [2.75, 3.05) is 13.2 Å². The fourth-order valence-corrected chi connectivity index (χ4v) is 7.59. The van der Waals surface area contributed by atoms with E-state index >= 15 is 0 Å². The molecule has 0 aliphatic carbocycles. The van der Waals surface area contributed by atoms with Crippen LogP contribution in [0.15, 0.2) is 97.2 Å². The van der Waals surface area contributed by atoms with Gasteiger partial charge in [-0.25, -0.2) is 0 Å². The average Bonchev–Trinajstić information content (AvgIpc) is 3.34. The van der Waals surface area contributed by atoms with Crippen molar-refractivity contribution in [1.82, 2.24) is 0 Å². The number of unbranched alkanes of at least 4 members (excludes halogenated alkanes) is 23. The minimum atomic E-state index is -0.777. The minimum Gasteiger partial charge on any atom is -0.462 e. The van der Waals surface area contributed by atoms with Gasteiger partial charge in [-0.1, -0.05) is 234 Å². The second-order valence-electron chi connectivity index (χ2n) is 18.5. The van der Waals surface area contributed by atoms with Gasteiger partial charge in [0.05, 0.1) is 0 Å². The van der Waals surface area contributed by atoms with Gasteiger partial charge in [-0.2, -0.15) is 0 Å². The first-order valence-electron chi connectivity index (χ1n) is 28.2. The molecule has 1 atom stereocenters. The molecule has 0 heterocycles. The lowest BCUT2D eigenvalue weighted by atomic mass is 10.0. The predicted octanol–water partition coefficient (Wildman–Crippen LogP) is 18.9. The highest BCUT2D eigenvalue weighted by molar-refractivity contribution is 5.71. The Morgan fingerprint density at radius 1 is 0.309 bits per heavy atom. The molecule has 0 fully saturated rings. The van der Waals surface area contributed by atoms with Gasteiger partial charge in [0, 0.05) is 19.3 Å². The van der Waals surface area contributed by atoms with Crippen LogP contribution in [0.25, 0.3) is 0 Å². The van der Waals surface area contributed by atoms with E-state index < -0.39 is 6.10 Å². The number of hydrogen-bond donors (Lipinski definition) is 0. The van der Waals surface area contributed by atoms with E-state index in [0.29, 0.717) is 19.3 Å². The van der Waals surface area contributed by atoms with E-state index in [0.717, 1.165) is 122 Å². The maximum atomic E-state index is 12.7. The smallest absolute Gasteiger partial charge is 0.306 e. The van der Waals surface area contributed by atoms with Crippen LogP contribution in [-0.2, 0) is 28.6 Å². The normalized spacial score (nSPS) is 12.8. The molecule has 0 aromatic heterocycles. The molecular formula is C62H104O6. The van der Waals surface area contributed by atoms with Gasteiger partial charge in [-0.15, -0.1) is 0 Å². The minimum absolute atomic E-state index is 0.0809. The van der Waals surface area contributed by atoms with Gasteiger partial charge >= 0.3 is 17.9 Å². The van der Waals surface area contributed by atoms with Crippen molar-refractivity contribution in [3.8, 4) is 0 Å². The molecule has 0 N–H and O–H groups in total. The van der Waals surface area contributed by atoms with E-state index in [2.05, 4.69) is 118 Å². The molecular weight excluding hydrogens is 841 g/mol. The van der Waals surface area contributed by atoms with Crippen molar-refractivity contribution in [2.24, 2.45) is 0 Å². The molecule has 0 radical (unpaired) electrons. The first-order valence-corrected chi connectivity index (χ1v) is 28.2. The third-order valence-corrected chi connectivity index (χ3v) is 11.8. The fourth-order valence-electron chi connectivity index (χ4n) is 7.59. The van der Waals surface area contributed by atoms with Gasteiger partial charge in [0.2, 0.25) is 0 Å². The van der Waals surface area contributed by atoms with Crippen molar-refractivity contribution in [3.05, 3.63) is 97.2 Å². The molecule has 68 heavy (non-hydrogen) atoms. The number of carbonyl (C=O) groups is 3. The average molecular weight is 946 g/mol. The lowest BCUT2D eigenvalue weighted by Crippen LogP contribution is -2.30. The van der Waals surface area contributed by atoms with E-state index in [-0.39, 0.29) is 31.1 Å². The maximum Gasteiger partial charge on any atom is 0.306 e. The molecule has 0 rings (SSSR count). The lowest BCUT2D eigenvalue weighted by Gasteiger charge is -2.18. The molecule has 6 heteroatoms. The van der Waals surface area contributed by atoms with Crippen LogP contribution in [0.2, 0.25) is 0 Å². The van der Waals surface area contributed by atoms with Crippen molar-refractivity contribution in [2.45, 2.75) is 264 Å². The number of carbonyl (C=O) groups excluding carboxylic acids is 3. The molecule has 0 aromatic rings. The van der Waals surface area contributed by atoms with Crippen LogP contribution in [0.4, 0.5) is 0 Å². The highest BCUT2D eigenvalue weighted by atomic mass is 16.6. The number of hydrogen-bond acceptors (Lipinski definition) is 6. The summed E-state index contributed by atoms with van der Waals surface area (Å²) in [5.41, 5.74) is 0. The molecule has 388 valence electrons. The van der Waals surface area contributed by atoms with Crippen molar-refractivity contribution >= 4 is 17.9 Å². The SMILES string of the molecule is CC/C=C\C/C=C\C/C=C\C/C=C\C/C=C\C/C=C\C/C=C\CCCCCCCCCCCCCC(=O)OCC(COC(=O)CCCCCCC)OC(=O)CCCCCCC/C=C\CCCCC. The summed E-state index contributed by atoms with van der Waals surface area (Å²) >= 11 is 0. The van der Waals surface area contributed by atoms with E-state index in [1.165, 1.54) is 96.3 Å². The Morgan fingerprint density at radius 2 is 0.574 bits per heavy atom. The standard InChI is InChI=1S/C62H104O6/c1-4-7-10-13-15-17-19-21-22-23-24-25-26-27-28-29-30-31-32-33-34-35-36-37-38-39-40-41-43-44-46-49-52-55-61(64)67-58-59(57-66-60(63)54-51-48-12-9-6-3)68-62(65)56-53-50-47-45-42-20-18-16-14-11-8-5-2/h7,10,15-18,21-22,24-25,27-28,30-31,33-34,59H,4-6,8-9,11-14,19-20,23,26,29,32,35-58H2,1-3H3/b10-7-,17-15-,18-16-,22-21-,25-24-,28-27-,31-30-,34-33-. The second kappa shape index (κ2) is 55.9. The third-order valence-electron chi connectivity index (χ3n) is 11.8. The first-order chi connectivity index (χ1) is 33.5. The molecule has 0 saturated heterocycles. The highest BCUT2D eigenvalue weighted by Crippen LogP contribution is 2.15. The summed E-state index contributed by atoms with van der Waals surface area (Å²) in [6.45, 7) is 6.40. The van der Waals surface area contributed by atoms with E-state index in [4.69, 9.17) is 14.2 Å².